The molecule has 2 heterocycles. The van der Waals surface area contributed by atoms with E-state index < -0.39 is 5.97 Å². The van der Waals surface area contributed by atoms with Gasteiger partial charge in [-0.25, -0.2) is 14.3 Å². The lowest BCUT2D eigenvalue weighted by atomic mass is 10.2. The third kappa shape index (κ3) is 2.43. The van der Waals surface area contributed by atoms with Crippen molar-refractivity contribution >= 4 is 11.6 Å². The lowest BCUT2D eigenvalue weighted by molar-refractivity contribution is 0.0600. The number of nitrogens with zero attached hydrogens (tertiary/aromatic N) is 3. The summed E-state index contributed by atoms with van der Waals surface area (Å²) in [5, 5.41) is 4.38. The maximum absolute atomic E-state index is 11.5. The summed E-state index contributed by atoms with van der Waals surface area (Å²) < 4.78 is 11.4. The predicted octanol–water partition coefficient (Wildman–Crippen LogP) is 2.19. The highest BCUT2D eigenvalue weighted by Crippen LogP contribution is 2.21. The van der Waals surface area contributed by atoms with Gasteiger partial charge in [-0.15, -0.1) is 5.10 Å². The summed E-state index contributed by atoms with van der Waals surface area (Å²) in [7, 11) is 2.95. The van der Waals surface area contributed by atoms with Gasteiger partial charge in [0.05, 0.1) is 19.8 Å². The number of pyridine rings is 1. The Morgan fingerprint density at radius 3 is 2.81 bits per heavy atom. The van der Waals surface area contributed by atoms with Crippen LogP contribution in [0.15, 0.2) is 42.6 Å². The van der Waals surface area contributed by atoms with Crippen LogP contribution in [0.2, 0.25) is 0 Å². The van der Waals surface area contributed by atoms with Crippen LogP contribution in [0.1, 0.15) is 10.4 Å². The van der Waals surface area contributed by atoms with E-state index in [9.17, 15) is 4.79 Å². The van der Waals surface area contributed by atoms with Crippen LogP contribution in [0, 0.1) is 0 Å². The fourth-order valence-corrected chi connectivity index (χ4v) is 2.01. The Balaban J connectivity index is 2.06. The van der Waals surface area contributed by atoms with Gasteiger partial charge in [0.2, 0.25) is 0 Å². The van der Waals surface area contributed by atoms with Gasteiger partial charge in [0.1, 0.15) is 5.75 Å². The molecule has 3 aromatic rings. The number of esters is 1. The highest BCUT2D eigenvalue weighted by molar-refractivity contribution is 5.89. The Morgan fingerprint density at radius 1 is 1.19 bits per heavy atom. The number of carbonyl (C=O) groups is 1. The zero-order valence-corrected chi connectivity index (χ0v) is 11.6. The van der Waals surface area contributed by atoms with E-state index in [2.05, 4.69) is 14.8 Å². The summed E-state index contributed by atoms with van der Waals surface area (Å²) in [6.45, 7) is 0. The predicted molar refractivity (Wildman–Crippen MR) is 76.3 cm³/mol. The quantitative estimate of drug-likeness (QED) is 0.689. The van der Waals surface area contributed by atoms with Gasteiger partial charge in [0.15, 0.2) is 11.5 Å². The van der Waals surface area contributed by atoms with Crippen molar-refractivity contribution in [1.82, 2.24) is 14.6 Å². The van der Waals surface area contributed by atoms with E-state index in [-0.39, 0.29) is 0 Å². The van der Waals surface area contributed by atoms with Gasteiger partial charge in [-0.1, -0.05) is 12.1 Å². The van der Waals surface area contributed by atoms with E-state index in [1.54, 1.807) is 30.0 Å². The molecule has 1 aromatic carbocycles. The van der Waals surface area contributed by atoms with Crippen molar-refractivity contribution in [2.24, 2.45) is 0 Å². The number of hydrogen-bond acceptors (Lipinski definition) is 5. The van der Waals surface area contributed by atoms with Crippen molar-refractivity contribution in [3.63, 3.8) is 0 Å². The van der Waals surface area contributed by atoms with Crippen molar-refractivity contribution in [2.75, 3.05) is 14.2 Å². The molecule has 0 aliphatic rings. The standard InChI is InChI=1S/C15H13N3O3/c1-20-12-5-3-4-10(8-12)14-16-13-7-6-11(15(19)21-2)9-18(13)17-14/h3-9H,1-2H3. The van der Waals surface area contributed by atoms with E-state index in [1.807, 2.05) is 24.3 Å². The highest BCUT2D eigenvalue weighted by Gasteiger charge is 2.10. The minimum absolute atomic E-state index is 0.407. The number of fused-ring (bicyclic) bond motifs is 1. The zero-order chi connectivity index (χ0) is 14.8. The number of benzene rings is 1. The molecule has 106 valence electrons. The molecule has 0 spiro atoms. The molecule has 2 aromatic heterocycles. The topological polar surface area (TPSA) is 65.7 Å². The van der Waals surface area contributed by atoms with Crippen molar-refractivity contribution in [3.8, 4) is 17.1 Å². The number of ether oxygens (including phenoxy) is 2. The molecule has 0 unspecified atom stereocenters. The van der Waals surface area contributed by atoms with Crippen LogP contribution in [0.4, 0.5) is 0 Å². The van der Waals surface area contributed by atoms with Crippen molar-refractivity contribution in [3.05, 3.63) is 48.2 Å². The summed E-state index contributed by atoms with van der Waals surface area (Å²) in [6, 6.07) is 10.9. The molecule has 0 N–H and O–H groups in total. The molecule has 0 fully saturated rings. The van der Waals surface area contributed by atoms with Crippen molar-refractivity contribution in [1.29, 1.82) is 0 Å². The smallest absolute Gasteiger partial charge is 0.339 e. The van der Waals surface area contributed by atoms with Crippen LogP contribution in [0.5, 0.6) is 5.75 Å². The van der Waals surface area contributed by atoms with Crippen LogP contribution in [0.3, 0.4) is 0 Å². The van der Waals surface area contributed by atoms with E-state index in [1.165, 1.54) is 7.11 Å². The highest BCUT2D eigenvalue weighted by atomic mass is 16.5. The number of methoxy groups -OCH3 is 2. The van der Waals surface area contributed by atoms with Crippen LogP contribution >= 0.6 is 0 Å². The Bertz CT molecular complexity index is 811. The molecule has 0 saturated heterocycles. The first-order valence-electron chi connectivity index (χ1n) is 6.30. The molecular formula is C15H13N3O3. The Labute approximate surface area is 120 Å². The Kier molecular flexibility index (Phi) is 3.27. The molecule has 0 atom stereocenters. The summed E-state index contributed by atoms with van der Waals surface area (Å²) in [5.41, 5.74) is 1.92. The molecule has 0 aliphatic heterocycles. The largest absolute Gasteiger partial charge is 0.497 e. The van der Waals surface area contributed by atoms with E-state index in [4.69, 9.17) is 4.74 Å². The second-order valence-corrected chi connectivity index (χ2v) is 4.38. The van der Waals surface area contributed by atoms with E-state index in [0.717, 1.165) is 11.3 Å². The van der Waals surface area contributed by atoms with Crippen LogP contribution in [-0.2, 0) is 4.74 Å². The molecule has 21 heavy (non-hydrogen) atoms. The SMILES string of the molecule is COC(=O)c1ccc2nc(-c3cccc(OC)c3)nn2c1. The lowest BCUT2D eigenvalue weighted by Gasteiger charge is -2.00. The fraction of sp³-hybridized carbons (Fsp3) is 0.133. The molecule has 0 aliphatic carbocycles. The van der Waals surface area contributed by atoms with Crippen molar-refractivity contribution < 1.29 is 14.3 Å². The molecule has 0 amide bonds. The minimum Gasteiger partial charge on any atom is -0.497 e. The summed E-state index contributed by atoms with van der Waals surface area (Å²) in [6.07, 6.45) is 1.60. The van der Waals surface area contributed by atoms with Crippen LogP contribution < -0.4 is 4.74 Å². The molecule has 6 heteroatoms. The van der Waals surface area contributed by atoms with Gasteiger partial charge in [0, 0.05) is 11.8 Å². The molecular weight excluding hydrogens is 270 g/mol. The number of carbonyl (C=O) groups excluding carboxylic acids is 1. The molecule has 0 saturated carbocycles. The third-order valence-corrected chi connectivity index (χ3v) is 3.08. The van der Waals surface area contributed by atoms with Gasteiger partial charge < -0.3 is 9.47 Å². The van der Waals surface area contributed by atoms with Gasteiger partial charge in [-0.05, 0) is 24.3 Å². The third-order valence-electron chi connectivity index (χ3n) is 3.08. The Morgan fingerprint density at radius 2 is 2.05 bits per heavy atom. The molecule has 6 nitrogen and oxygen atoms in total. The fourth-order valence-electron chi connectivity index (χ4n) is 2.01. The van der Waals surface area contributed by atoms with Gasteiger partial charge in [0.25, 0.3) is 0 Å². The maximum atomic E-state index is 11.5. The van der Waals surface area contributed by atoms with Gasteiger partial charge >= 0.3 is 5.97 Å². The normalized spacial score (nSPS) is 10.6. The molecule has 3 rings (SSSR count). The van der Waals surface area contributed by atoms with Crippen LogP contribution in [0.25, 0.3) is 17.0 Å². The second kappa shape index (κ2) is 5.24. The van der Waals surface area contributed by atoms with Gasteiger partial charge in [-0.2, -0.15) is 0 Å². The summed E-state index contributed by atoms with van der Waals surface area (Å²) in [4.78, 5) is 15.9. The first kappa shape index (κ1) is 13.1. The Hall–Kier alpha value is -2.89. The summed E-state index contributed by atoms with van der Waals surface area (Å²) >= 11 is 0. The average Bonchev–Trinajstić information content (AvgIpc) is 2.97. The van der Waals surface area contributed by atoms with E-state index >= 15 is 0 Å². The van der Waals surface area contributed by atoms with Crippen LogP contribution in [-0.4, -0.2) is 34.8 Å². The zero-order valence-electron chi connectivity index (χ0n) is 11.6. The van der Waals surface area contributed by atoms with Gasteiger partial charge in [-0.3, -0.25) is 0 Å². The van der Waals surface area contributed by atoms with Crippen molar-refractivity contribution in [2.45, 2.75) is 0 Å². The monoisotopic (exact) mass is 283 g/mol. The second-order valence-electron chi connectivity index (χ2n) is 4.38. The molecule has 0 bridgehead atoms. The average molecular weight is 283 g/mol. The number of hydrogen-bond donors (Lipinski definition) is 0. The first-order chi connectivity index (χ1) is 10.2. The maximum Gasteiger partial charge on any atom is 0.339 e. The first-order valence-corrected chi connectivity index (χ1v) is 6.30. The molecule has 0 radical (unpaired) electrons. The lowest BCUT2D eigenvalue weighted by Crippen LogP contribution is -2.03. The minimum atomic E-state index is -0.407. The number of aromatic nitrogens is 3. The number of rotatable bonds is 3. The summed E-state index contributed by atoms with van der Waals surface area (Å²) in [5.74, 6) is 0.896. The van der Waals surface area contributed by atoms with E-state index in [0.29, 0.717) is 17.0 Å².